The van der Waals surface area contributed by atoms with Gasteiger partial charge in [0.15, 0.2) is 0 Å². The van der Waals surface area contributed by atoms with Gasteiger partial charge in [0.25, 0.3) is 0 Å². The highest BCUT2D eigenvalue weighted by Crippen LogP contribution is 2.24. The maximum absolute atomic E-state index is 11.4. The van der Waals surface area contributed by atoms with Crippen molar-refractivity contribution < 1.29 is 9.53 Å². The lowest BCUT2D eigenvalue weighted by atomic mass is 10.3. The molecule has 0 aliphatic carbocycles. The van der Waals surface area contributed by atoms with Crippen LogP contribution in [-0.4, -0.2) is 22.1 Å². The molecular formula is C13H14Cl2N2O2. The minimum atomic E-state index is -0.230. The van der Waals surface area contributed by atoms with Crippen LogP contribution in [0.5, 0.6) is 0 Å². The average molecular weight is 301 g/mol. The summed E-state index contributed by atoms with van der Waals surface area (Å²) in [5.41, 5.74) is 1.59. The molecule has 0 amide bonds. The Labute approximate surface area is 121 Å². The molecule has 0 fully saturated rings. The van der Waals surface area contributed by atoms with Gasteiger partial charge in [-0.3, -0.25) is 4.79 Å². The monoisotopic (exact) mass is 300 g/mol. The summed E-state index contributed by atoms with van der Waals surface area (Å²) in [5, 5.41) is 0.582. The molecule has 19 heavy (non-hydrogen) atoms. The number of halogens is 2. The molecule has 0 radical (unpaired) electrons. The second-order valence-corrected chi connectivity index (χ2v) is 4.65. The quantitative estimate of drug-likeness (QED) is 0.628. The van der Waals surface area contributed by atoms with Crippen molar-refractivity contribution in [2.45, 2.75) is 25.8 Å². The number of carbonyl (C=O) groups excluding carboxylic acids is 1. The van der Waals surface area contributed by atoms with Crippen molar-refractivity contribution in [3.8, 4) is 0 Å². The Hall–Kier alpha value is -1.26. The molecule has 6 heteroatoms. The first-order chi connectivity index (χ1) is 9.17. The molecule has 0 atom stereocenters. The van der Waals surface area contributed by atoms with Gasteiger partial charge in [0.2, 0.25) is 0 Å². The zero-order valence-corrected chi connectivity index (χ0v) is 12.0. The van der Waals surface area contributed by atoms with Crippen LogP contribution in [-0.2, 0) is 22.0 Å². The van der Waals surface area contributed by atoms with Crippen molar-refractivity contribution in [1.82, 2.24) is 9.55 Å². The van der Waals surface area contributed by atoms with Gasteiger partial charge in [-0.05, 0) is 19.1 Å². The summed E-state index contributed by atoms with van der Waals surface area (Å²) in [6.07, 6.45) is 0.287. The van der Waals surface area contributed by atoms with Crippen molar-refractivity contribution in [3.63, 3.8) is 0 Å². The van der Waals surface area contributed by atoms with Gasteiger partial charge in [0.05, 0.1) is 29.4 Å². The molecule has 102 valence electrons. The van der Waals surface area contributed by atoms with E-state index in [2.05, 4.69) is 4.98 Å². The Kier molecular flexibility index (Phi) is 4.66. The first kappa shape index (κ1) is 14.2. The Balaban J connectivity index is 2.30. The predicted octanol–water partition coefficient (Wildman–Crippen LogP) is 3.38. The molecule has 0 saturated carbocycles. The van der Waals surface area contributed by atoms with E-state index in [0.29, 0.717) is 29.5 Å². The molecule has 2 rings (SSSR count). The first-order valence-electron chi connectivity index (χ1n) is 6.02. The SMILES string of the molecule is CCOC(=O)CCn1c(CCl)nc2c(Cl)cccc21. The maximum atomic E-state index is 11.4. The molecule has 1 heterocycles. The lowest BCUT2D eigenvalue weighted by Crippen LogP contribution is -2.10. The van der Waals surface area contributed by atoms with Crippen LogP contribution < -0.4 is 0 Å². The zero-order chi connectivity index (χ0) is 13.8. The van der Waals surface area contributed by atoms with E-state index in [4.69, 9.17) is 27.9 Å². The third kappa shape index (κ3) is 3.01. The van der Waals surface area contributed by atoms with Gasteiger partial charge in [0.1, 0.15) is 11.3 Å². The molecule has 1 aromatic carbocycles. The van der Waals surface area contributed by atoms with Gasteiger partial charge >= 0.3 is 5.97 Å². The summed E-state index contributed by atoms with van der Waals surface area (Å²) in [7, 11) is 0. The van der Waals surface area contributed by atoms with Crippen molar-refractivity contribution in [2.24, 2.45) is 0 Å². The van der Waals surface area contributed by atoms with E-state index >= 15 is 0 Å². The van der Waals surface area contributed by atoms with Crippen molar-refractivity contribution in [2.75, 3.05) is 6.61 Å². The van der Waals surface area contributed by atoms with Crippen LogP contribution in [0, 0.1) is 0 Å². The number of alkyl halides is 1. The average Bonchev–Trinajstić information content (AvgIpc) is 2.76. The number of aromatic nitrogens is 2. The summed E-state index contributed by atoms with van der Waals surface area (Å²) < 4.78 is 6.83. The molecule has 0 unspecified atom stereocenters. The van der Waals surface area contributed by atoms with Crippen LogP contribution >= 0.6 is 23.2 Å². The van der Waals surface area contributed by atoms with E-state index in [-0.39, 0.29) is 18.3 Å². The van der Waals surface area contributed by atoms with E-state index in [1.54, 1.807) is 13.0 Å². The summed E-state index contributed by atoms with van der Waals surface area (Å²) in [5.74, 6) is 0.745. The number of benzene rings is 1. The predicted molar refractivity (Wildman–Crippen MR) is 75.6 cm³/mol. The number of rotatable bonds is 5. The number of esters is 1. The number of hydrogen-bond acceptors (Lipinski definition) is 3. The lowest BCUT2D eigenvalue weighted by Gasteiger charge is -2.07. The Morgan fingerprint density at radius 2 is 2.26 bits per heavy atom. The van der Waals surface area contributed by atoms with Gasteiger partial charge in [0, 0.05) is 6.54 Å². The number of para-hydroxylation sites is 1. The summed E-state index contributed by atoms with van der Waals surface area (Å²) in [6.45, 7) is 2.66. The summed E-state index contributed by atoms with van der Waals surface area (Å²) >= 11 is 12.0. The van der Waals surface area contributed by atoms with E-state index in [1.165, 1.54) is 0 Å². The topological polar surface area (TPSA) is 44.1 Å². The zero-order valence-electron chi connectivity index (χ0n) is 10.5. The van der Waals surface area contributed by atoms with Crippen molar-refractivity contribution >= 4 is 40.2 Å². The van der Waals surface area contributed by atoms with Gasteiger partial charge < -0.3 is 9.30 Å². The van der Waals surface area contributed by atoms with E-state index in [0.717, 1.165) is 5.52 Å². The fraction of sp³-hybridized carbons (Fsp3) is 0.385. The Morgan fingerprint density at radius 3 is 2.95 bits per heavy atom. The number of fused-ring (bicyclic) bond motifs is 1. The molecule has 0 spiro atoms. The summed E-state index contributed by atoms with van der Waals surface area (Å²) in [6, 6.07) is 5.55. The van der Waals surface area contributed by atoms with Crippen LogP contribution in [0.15, 0.2) is 18.2 Å². The fourth-order valence-electron chi connectivity index (χ4n) is 1.95. The number of ether oxygens (including phenoxy) is 1. The van der Waals surface area contributed by atoms with Gasteiger partial charge in [-0.25, -0.2) is 4.98 Å². The second kappa shape index (κ2) is 6.26. The van der Waals surface area contributed by atoms with Gasteiger partial charge in [-0.2, -0.15) is 0 Å². The standard InChI is InChI=1S/C13H14Cl2N2O2/c1-2-19-12(18)6-7-17-10-5-3-4-9(15)13(10)16-11(17)8-14/h3-5H,2,6-8H2,1H3. The molecule has 0 N–H and O–H groups in total. The highest BCUT2D eigenvalue weighted by Gasteiger charge is 2.13. The molecule has 0 bridgehead atoms. The second-order valence-electron chi connectivity index (χ2n) is 3.98. The number of hydrogen-bond donors (Lipinski definition) is 0. The highest BCUT2D eigenvalue weighted by atomic mass is 35.5. The molecule has 1 aromatic heterocycles. The number of imidazole rings is 1. The largest absolute Gasteiger partial charge is 0.466 e. The molecule has 4 nitrogen and oxygen atoms in total. The van der Waals surface area contributed by atoms with Gasteiger partial charge in [-0.15, -0.1) is 11.6 Å². The fourth-order valence-corrected chi connectivity index (χ4v) is 2.36. The maximum Gasteiger partial charge on any atom is 0.307 e. The number of nitrogens with zero attached hydrogens (tertiary/aromatic N) is 2. The molecule has 2 aromatic rings. The van der Waals surface area contributed by atoms with Crippen LogP contribution in [0.2, 0.25) is 5.02 Å². The Bertz CT molecular complexity index is 596. The molecule has 0 saturated heterocycles. The van der Waals surface area contributed by atoms with Crippen LogP contribution in [0.3, 0.4) is 0 Å². The van der Waals surface area contributed by atoms with Gasteiger partial charge in [-0.1, -0.05) is 17.7 Å². The molecule has 0 aliphatic heterocycles. The van der Waals surface area contributed by atoms with Crippen molar-refractivity contribution in [1.29, 1.82) is 0 Å². The third-order valence-corrected chi connectivity index (χ3v) is 3.32. The summed E-state index contributed by atoms with van der Waals surface area (Å²) in [4.78, 5) is 15.8. The molecular weight excluding hydrogens is 287 g/mol. The first-order valence-corrected chi connectivity index (χ1v) is 6.93. The van der Waals surface area contributed by atoms with E-state index in [9.17, 15) is 4.79 Å². The van der Waals surface area contributed by atoms with Crippen LogP contribution in [0.1, 0.15) is 19.2 Å². The van der Waals surface area contributed by atoms with Crippen molar-refractivity contribution in [3.05, 3.63) is 29.0 Å². The lowest BCUT2D eigenvalue weighted by molar-refractivity contribution is -0.143. The highest BCUT2D eigenvalue weighted by molar-refractivity contribution is 6.35. The normalized spacial score (nSPS) is 10.9. The Morgan fingerprint density at radius 1 is 1.47 bits per heavy atom. The minimum absolute atomic E-state index is 0.230. The number of carbonyl (C=O) groups is 1. The molecule has 0 aliphatic rings. The smallest absolute Gasteiger partial charge is 0.307 e. The number of aryl methyl sites for hydroxylation is 1. The van der Waals surface area contributed by atoms with E-state index < -0.39 is 0 Å². The minimum Gasteiger partial charge on any atom is -0.466 e. The van der Waals surface area contributed by atoms with E-state index in [1.807, 2.05) is 16.7 Å². The van der Waals surface area contributed by atoms with Crippen LogP contribution in [0.25, 0.3) is 11.0 Å². The third-order valence-electron chi connectivity index (χ3n) is 2.77. The van der Waals surface area contributed by atoms with Crippen LogP contribution in [0.4, 0.5) is 0 Å².